The summed E-state index contributed by atoms with van der Waals surface area (Å²) in [5.74, 6) is 0. The van der Waals surface area contributed by atoms with Crippen molar-refractivity contribution in [2.75, 3.05) is 0 Å². The fraction of sp³-hybridized carbons (Fsp3) is 0.923. The Morgan fingerprint density at radius 2 is 0.889 bits per heavy atom. The second kappa shape index (κ2) is 9.88. The molecule has 2 nitrogen and oxygen atoms in total. The molecule has 0 saturated carbocycles. The molecule has 0 aromatic heterocycles. The van der Waals surface area contributed by atoms with Crippen LogP contribution in [0, 0.1) is 5.41 Å². The monoisotopic (exact) mass is 472 g/mol. The van der Waals surface area contributed by atoms with Crippen LogP contribution in [0.3, 0.4) is 0 Å². The van der Waals surface area contributed by atoms with Gasteiger partial charge in [0.05, 0.1) is 11.2 Å². The van der Waals surface area contributed by atoms with E-state index in [0.717, 1.165) is 0 Å². The summed E-state index contributed by atoms with van der Waals surface area (Å²) in [5.41, 5.74) is -0.780. The van der Waals surface area contributed by atoms with E-state index in [1.54, 1.807) is 41.5 Å². The van der Waals surface area contributed by atoms with Crippen molar-refractivity contribution in [2.24, 2.45) is 5.41 Å². The van der Waals surface area contributed by atoms with Crippen molar-refractivity contribution in [3.05, 3.63) is 0 Å². The molecule has 0 bridgehead atoms. The molecule has 0 fully saturated rings. The minimum atomic E-state index is -1.93. The molecule has 0 atom stereocenters. The van der Waals surface area contributed by atoms with Gasteiger partial charge in [0.25, 0.3) is 0 Å². The zero-order valence-electron chi connectivity index (χ0n) is 13.1. The Balaban J connectivity index is -0.000000197. The van der Waals surface area contributed by atoms with Crippen LogP contribution >= 0.6 is 18.8 Å². The fourth-order valence-electron chi connectivity index (χ4n) is 0.267. The van der Waals surface area contributed by atoms with Gasteiger partial charge in [-0.1, -0.05) is 0 Å². The fourth-order valence-corrected chi connectivity index (χ4v) is 6.56. The first kappa shape index (κ1) is 24.1. The number of hydrogen-bond donors (Lipinski definition) is 2. The SMILES string of the molecule is CC(C)(C)O.CC(C)(C)O.CC(C)(C)[CH]=[W]([Cl])[Cl]. The quantitative estimate of drug-likeness (QED) is 0.551. The van der Waals surface area contributed by atoms with Crippen LogP contribution in [0.25, 0.3) is 0 Å². The minimum absolute atomic E-state index is 0.220. The van der Waals surface area contributed by atoms with Crippen LogP contribution in [0.4, 0.5) is 0 Å². The van der Waals surface area contributed by atoms with E-state index in [1.165, 1.54) is 0 Å². The molecule has 0 aliphatic carbocycles. The topological polar surface area (TPSA) is 40.5 Å². The first-order chi connectivity index (χ1) is 7.42. The van der Waals surface area contributed by atoms with E-state index in [4.69, 9.17) is 29.0 Å². The zero-order chi connectivity index (χ0) is 15.8. The van der Waals surface area contributed by atoms with Gasteiger partial charge in [-0.3, -0.25) is 0 Å². The van der Waals surface area contributed by atoms with Gasteiger partial charge in [0.2, 0.25) is 0 Å². The second-order valence-corrected chi connectivity index (χ2v) is 16.3. The summed E-state index contributed by atoms with van der Waals surface area (Å²) in [6.07, 6.45) is 0. The molecule has 0 unspecified atom stereocenters. The van der Waals surface area contributed by atoms with E-state index >= 15 is 0 Å². The standard InChI is InChI=1S/C5H10.2C4H10O.2ClH.W/c1-5(2,3)4;2*1-4(2,3)5;;;/h1H,2-4H3;2*5H,1-3H3;2*1H;/q;;;;;+2/p-2. The maximum atomic E-state index is 8.52. The van der Waals surface area contributed by atoms with Crippen LogP contribution in [0.5, 0.6) is 0 Å². The molecule has 0 aromatic carbocycles. The Kier molecular flexibility index (Phi) is 13.2. The average molecular weight is 473 g/mol. The predicted octanol–water partition coefficient (Wildman–Crippen LogP) is 4.31. The number of aliphatic hydroxyl groups is 2. The molecule has 114 valence electrons. The third-order valence-electron chi connectivity index (χ3n) is 0.443. The van der Waals surface area contributed by atoms with Gasteiger partial charge in [0, 0.05) is 0 Å². The van der Waals surface area contributed by atoms with Gasteiger partial charge in [-0.05, 0) is 41.5 Å². The van der Waals surface area contributed by atoms with E-state index in [0.29, 0.717) is 0 Å². The molecule has 2 N–H and O–H groups in total. The third kappa shape index (κ3) is 120. The van der Waals surface area contributed by atoms with Crippen LogP contribution in [0.15, 0.2) is 0 Å². The second-order valence-electron chi connectivity index (χ2n) is 7.06. The van der Waals surface area contributed by atoms with Crippen LogP contribution in [-0.4, -0.2) is 25.8 Å². The van der Waals surface area contributed by atoms with Gasteiger partial charge in [0.15, 0.2) is 0 Å². The van der Waals surface area contributed by atoms with Crippen molar-refractivity contribution >= 4 is 23.2 Å². The zero-order valence-corrected chi connectivity index (χ0v) is 17.6. The van der Waals surface area contributed by atoms with Crippen molar-refractivity contribution in [3.8, 4) is 0 Å². The van der Waals surface area contributed by atoms with Crippen LogP contribution in [0.1, 0.15) is 62.3 Å². The predicted molar refractivity (Wildman–Crippen MR) is 81.2 cm³/mol. The average Bonchev–Trinajstić information content (AvgIpc) is 1.67. The number of halogens is 2. The molecule has 0 heterocycles. The summed E-state index contributed by atoms with van der Waals surface area (Å²) in [6, 6.07) is 0. The van der Waals surface area contributed by atoms with Gasteiger partial charge in [-0.2, -0.15) is 0 Å². The summed E-state index contributed by atoms with van der Waals surface area (Å²) in [5, 5.41) is 17.0. The summed E-state index contributed by atoms with van der Waals surface area (Å²) >= 11 is -1.93. The van der Waals surface area contributed by atoms with E-state index in [9.17, 15) is 0 Å². The maximum absolute atomic E-state index is 8.52. The van der Waals surface area contributed by atoms with Gasteiger partial charge < -0.3 is 10.2 Å². The van der Waals surface area contributed by atoms with Crippen LogP contribution in [-0.2, 0) is 14.8 Å². The van der Waals surface area contributed by atoms with E-state index < -0.39 is 26.0 Å². The summed E-state index contributed by atoms with van der Waals surface area (Å²) in [7, 11) is 11.3. The van der Waals surface area contributed by atoms with Crippen LogP contribution in [0.2, 0.25) is 0 Å². The Labute approximate surface area is 127 Å². The molecule has 0 spiro atoms. The van der Waals surface area contributed by atoms with Crippen LogP contribution < -0.4 is 0 Å². The van der Waals surface area contributed by atoms with Crippen molar-refractivity contribution in [2.45, 2.75) is 73.5 Å². The molecule has 0 rings (SSSR count). The molecule has 0 aliphatic rings. The molecule has 0 radical (unpaired) electrons. The first-order valence-electron chi connectivity index (χ1n) is 5.78. The van der Waals surface area contributed by atoms with Crippen molar-refractivity contribution in [1.82, 2.24) is 0 Å². The Morgan fingerprint density at radius 1 is 0.722 bits per heavy atom. The Bertz CT molecular complexity index is 205. The van der Waals surface area contributed by atoms with Gasteiger partial charge in [0.1, 0.15) is 0 Å². The molecule has 18 heavy (non-hydrogen) atoms. The first-order valence-corrected chi connectivity index (χ1v) is 14.7. The normalized spacial score (nSPS) is 12.1. The van der Waals surface area contributed by atoms with Crippen molar-refractivity contribution in [3.63, 3.8) is 0 Å². The van der Waals surface area contributed by atoms with Crippen molar-refractivity contribution in [1.29, 1.82) is 0 Å². The third-order valence-corrected chi connectivity index (χ3v) is 5.08. The van der Waals surface area contributed by atoms with Crippen molar-refractivity contribution < 1.29 is 25.0 Å². The molecule has 5 heteroatoms. The Hall–Kier alpha value is 1.06. The summed E-state index contributed by atoms with van der Waals surface area (Å²) in [4.78, 5) is 0. The van der Waals surface area contributed by atoms with Gasteiger partial charge >= 0.3 is 64.2 Å². The van der Waals surface area contributed by atoms with Gasteiger partial charge in [-0.25, -0.2) is 0 Å². The summed E-state index contributed by atoms with van der Waals surface area (Å²) < 4.78 is 2.08. The number of rotatable bonds is 0. The van der Waals surface area contributed by atoms with E-state index in [1.807, 2.05) is 0 Å². The molecule has 0 saturated heterocycles. The van der Waals surface area contributed by atoms with E-state index in [2.05, 4.69) is 25.2 Å². The molecule has 0 aliphatic heterocycles. The molecule has 0 aromatic rings. The van der Waals surface area contributed by atoms with E-state index in [-0.39, 0.29) is 5.41 Å². The molecule has 0 amide bonds. The summed E-state index contributed by atoms with van der Waals surface area (Å²) in [6.45, 7) is 16.8. The Morgan fingerprint density at radius 3 is 0.889 bits per heavy atom. The molecular formula is C13H30Cl2O2W. The van der Waals surface area contributed by atoms with Gasteiger partial charge in [-0.15, -0.1) is 0 Å². The molecular weight excluding hydrogens is 443 g/mol. The number of hydrogen-bond acceptors (Lipinski definition) is 2.